The quantitative estimate of drug-likeness (QED) is 0.504. The molecule has 2 heterocycles. The van der Waals surface area contributed by atoms with Crippen LogP contribution in [0.25, 0.3) is 10.2 Å². The molecule has 1 N–H and O–H groups in total. The van der Waals surface area contributed by atoms with E-state index in [4.69, 9.17) is 19.2 Å². The van der Waals surface area contributed by atoms with Gasteiger partial charge in [0.25, 0.3) is 0 Å². The number of carbonyl (C=O) groups is 1. The van der Waals surface area contributed by atoms with Crippen LogP contribution >= 0.6 is 11.3 Å². The maximum atomic E-state index is 12.9. The van der Waals surface area contributed by atoms with Crippen molar-refractivity contribution in [2.45, 2.75) is 26.2 Å². The highest BCUT2D eigenvalue weighted by molar-refractivity contribution is 7.22. The molecule has 1 aromatic heterocycles. The number of nitrogens with zero attached hydrogens (tertiary/aromatic N) is 2. The van der Waals surface area contributed by atoms with Crippen LogP contribution in [0.5, 0.6) is 17.2 Å². The van der Waals surface area contributed by atoms with Crippen LogP contribution < -0.4 is 24.4 Å². The SMILES string of the molecule is CCOc1ccc2nc(N3CCC[C@@H](C(=O)NCCc4cc(OC)ccc4OC)C3)sc2c1. The summed E-state index contributed by atoms with van der Waals surface area (Å²) in [6.45, 7) is 4.79. The van der Waals surface area contributed by atoms with Gasteiger partial charge in [-0.1, -0.05) is 11.3 Å². The fraction of sp³-hybridized carbons (Fsp3) is 0.440. The minimum atomic E-state index is -0.0445. The first-order valence-electron chi connectivity index (χ1n) is 11.4. The second kappa shape index (κ2) is 10.7. The van der Waals surface area contributed by atoms with Gasteiger partial charge >= 0.3 is 0 Å². The first-order chi connectivity index (χ1) is 16.1. The van der Waals surface area contributed by atoms with Gasteiger partial charge in [-0.15, -0.1) is 0 Å². The number of anilines is 1. The molecule has 1 fully saturated rings. The Labute approximate surface area is 198 Å². The molecule has 1 aliphatic heterocycles. The fourth-order valence-corrected chi connectivity index (χ4v) is 5.22. The number of ether oxygens (including phenoxy) is 3. The molecular weight excluding hydrogens is 438 g/mol. The van der Waals surface area contributed by atoms with E-state index < -0.39 is 0 Å². The summed E-state index contributed by atoms with van der Waals surface area (Å²) >= 11 is 1.66. The van der Waals surface area contributed by atoms with E-state index in [2.05, 4.69) is 10.2 Å². The smallest absolute Gasteiger partial charge is 0.224 e. The van der Waals surface area contributed by atoms with E-state index in [-0.39, 0.29) is 11.8 Å². The molecule has 0 saturated carbocycles. The lowest BCUT2D eigenvalue weighted by atomic mass is 9.97. The molecule has 1 saturated heterocycles. The third-order valence-corrected chi connectivity index (χ3v) is 6.98. The standard InChI is InChI=1S/C25H31N3O4S/c1-4-32-20-7-9-21-23(15-20)33-25(27-21)28-13-5-6-18(16-28)24(29)26-12-11-17-14-19(30-2)8-10-22(17)31-3/h7-10,14-15,18H,4-6,11-13,16H2,1-3H3,(H,26,29)/t18-/m1/s1. The fourth-order valence-electron chi connectivity index (χ4n) is 4.19. The zero-order chi connectivity index (χ0) is 23.2. The molecule has 2 aromatic carbocycles. The number of methoxy groups -OCH3 is 2. The normalized spacial score (nSPS) is 16.0. The zero-order valence-electron chi connectivity index (χ0n) is 19.4. The zero-order valence-corrected chi connectivity index (χ0v) is 20.2. The van der Waals surface area contributed by atoms with Gasteiger partial charge in [0, 0.05) is 19.6 Å². The topological polar surface area (TPSA) is 72.9 Å². The molecule has 0 unspecified atom stereocenters. The molecule has 7 nitrogen and oxygen atoms in total. The van der Waals surface area contributed by atoms with Crippen molar-refractivity contribution in [3.05, 3.63) is 42.0 Å². The Balaban J connectivity index is 1.35. The van der Waals surface area contributed by atoms with Crippen LogP contribution in [0.1, 0.15) is 25.3 Å². The van der Waals surface area contributed by atoms with Crippen molar-refractivity contribution in [2.24, 2.45) is 5.92 Å². The monoisotopic (exact) mass is 469 g/mol. The van der Waals surface area contributed by atoms with E-state index >= 15 is 0 Å². The molecule has 0 spiro atoms. The van der Waals surface area contributed by atoms with Crippen LogP contribution in [0, 0.1) is 5.92 Å². The minimum absolute atomic E-state index is 0.0445. The number of amides is 1. The van der Waals surface area contributed by atoms with Crippen molar-refractivity contribution >= 4 is 32.6 Å². The second-order valence-electron chi connectivity index (χ2n) is 8.06. The van der Waals surface area contributed by atoms with Crippen LogP contribution in [0.3, 0.4) is 0 Å². The molecule has 176 valence electrons. The van der Waals surface area contributed by atoms with Crippen molar-refractivity contribution in [1.82, 2.24) is 10.3 Å². The summed E-state index contributed by atoms with van der Waals surface area (Å²) in [5.41, 5.74) is 1.99. The first-order valence-corrected chi connectivity index (χ1v) is 12.2. The summed E-state index contributed by atoms with van der Waals surface area (Å²) in [6, 6.07) is 11.7. The van der Waals surface area contributed by atoms with Gasteiger partial charge < -0.3 is 24.4 Å². The van der Waals surface area contributed by atoms with Gasteiger partial charge in [0.15, 0.2) is 5.13 Å². The van der Waals surface area contributed by atoms with Crippen LogP contribution in [-0.4, -0.2) is 51.4 Å². The molecule has 0 aliphatic carbocycles. The number of carbonyl (C=O) groups excluding carboxylic acids is 1. The van der Waals surface area contributed by atoms with E-state index in [1.165, 1.54) is 0 Å². The molecule has 33 heavy (non-hydrogen) atoms. The molecule has 3 aromatic rings. The van der Waals surface area contributed by atoms with E-state index in [0.717, 1.165) is 57.5 Å². The Morgan fingerprint density at radius 1 is 1.18 bits per heavy atom. The summed E-state index contributed by atoms with van der Waals surface area (Å²) in [5.74, 6) is 2.50. The van der Waals surface area contributed by atoms with Gasteiger partial charge in [-0.3, -0.25) is 4.79 Å². The summed E-state index contributed by atoms with van der Waals surface area (Å²) < 4.78 is 17.5. The molecule has 8 heteroatoms. The average molecular weight is 470 g/mol. The number of nitrogens with one attached hydrogen (secondary N) is 1. The third-order valence-electron chi connectivity index (χ3n) is 5.90. The predicted molar refractivity (Wildman–Crippen MR) is 132 cm³/mol. The Morgan fingerprint density at radius 3 is 2.82 bits per heavy atom. The first kappa shape index (κ1) is 23.2. The van der Waals surface area contributed by atoms with Gasteiger partial charge in [0.1, 0.15) is 17.2 Å². The van der Waals surface area contributed by atoms with Gasteiger partial charge in [-0.05, 0) is 68.1 Å². The summed E-state index contributed by atoms with van der Waals surface area (Å²) in [6.07, 6.45) is 2.55. The van der Waals surface area contributed by atoms with E-state index in [0.29, 0.717) is 26.1 Å². The number of aromatic nitrogens is 1. The second-order valence-corrected chi connectivity index (χ2v) is 9.07. The summed E-state index contributed by atoms with van der Waals surface area (Å²) in [7, 11) is 3.30. The van der Waals surface area contributed by atoms with Crippen molar-refractivity contribution in [3.8, 4) is 17.2 Å². The van der Waals surface area contributed by atoms with Crippen LogP contribution in [0.15, 0.2) is 36.4 Å². The maximum Gasteiger partial charge on any atom is 0.224 e. The van der Waals surface area contributed by atoms with Crippen molar-refractivity contribution in [1.29, 1.82) is 0 Å². The molecule has 1 atom stereocenters. The lowest BCUT2D eigenvalue weighted by Crippen LogP contribution is -2.43. The van der Waals surface area contributed by atoms with Crippen LogP contribution in [-0.2, 0) is 11.2 Å². The Bertz CT molecular complexity index is 1100. The van der Waals surface area contributed by atoms with Gasteiger partial charge in [0.05, 0.1) is 37.0 Å². The highest BCUT2D eigenvalue weighted by atomic mass is 32.1. The lowest BCUT2D eigenvalue weighted by molar-refractivity contribution is -0.125. The highest BCUT2D eigenvalue weighted by Crippen LogP contribution is 2.33. The van der Waals surface area contributed by atoms with E-state index in [1.807, 2.05) is 43.3 Å². The molecular formula is C25H31N3O4S. The van der Waals surface area contributed by atoms with E-state index in [9.17, 15) is 4.79 Å². The lowest BCUT2D eigenvalue weighted by Gasteiger charge is -2.31. The molecule has 1 aliphatic rings. The number of fused-ring (bicyclic) bond motifs is 1. The highest BCUT2D eigenvalue weighted by Gasteiger charge is 2.27. The third kappa shape index (κ3) is 5.50. The Hall–Kier alpha value is -3.00. The van der Waals surface area contributed by atoms with Gasteiger partial charge in [-0.25, -0.2) is 4.98 Å². The maximum absolute atomic E-state index is 12.9. The largest absolute Gasteiger partial charge is 0.497 e. The van der Waals surface area contributed by atoms with E-state index in [1.54, 1.807) is 25.6 Å². The van der Waals surface area contributed by atoms with Crippen LogP contribution in [0.4, 0.5) is 5.13 Å². The minimum Gasteiger partial charge on any atom is -0.497 e. The summed E-state index contributed by atoms with van der Waals surface area (Å²) in [4.78, 5) is 19.9. The number of piperidine rings is 1. The summed E-state index contributed by atoms with van der Waals surface area (Å²) in [5, 5.41) is 4.08. The molecule has 0 radical (unpaired) electrons. The Morgan fingerprint density at radius 2 is 2.03 bits per heavy atom. The number of hydrogen-bond donors (Lipinski definition) is 1. The average Bonchev–Trinajstić information content (AvgIpc) is 3.28. The van der Waals surface area contributed by atoms with Gasteiger partial charge in [0.2, 0.25) is 5.91 Å². The predicted octanol–water partition coefficient (Wildman–Crippen LogP) is 4.29. The van der Waals surface area contributed by atoms with Crippen molar-refractivity contribution in [2.75, 3.05) is 45.4 Å². The molecule has 1 amide bonds. The van der Waals surface area contributed by atoms with Crippen molar-refractivity contribution < 1.29 is 19.0 Å². The molecule has 0 bridgehead atoms. The number of rotatable bonds is 9. The Kier molecular flexibility index (Phi) is 7.54. The van der Waals surface area contributed by atoms with Crippen molar-refractivity contribution in [3.63, 3.8) is 0 Å². The number of hydrogen-bond acceptors (Lipinski definition) is 7. The number of thiazole rings is 1. The number of benzene rings is 2. The molecule has 4 rings (SSSR count). The van der Waals surface area contributed by atoms with Crippen LogP contribution in [0.2, 0.25) is 0 Å². The van der Waals surface area contributed by atoms with Gasteiger partial charge in [-0.2, -0.15) is 0 Å².